The number of nitrogens with one attached hydrogen (secondary N) is 1. The third-order valence-corrected chi connectivity index (χ3v) is 5.11. The molecule has 2 aliphatic carbocycles. The van der Waals surface area contributed by atoms with Crippen molar-refractivity contribution in [1.82, 2.24) is 5.32 Å². The predicted octanol–water partition coefficient (Wildman–Crippen LogP) is 3.88. The molecular weight excluding hydrogens is 302 g/mol. The molecule has 24 heavy (non-hydrogen) atoms. The second kappa shape index (κ2) is 6.71. The van der Waals surface area contributed by atoms with Gasteiger partial charge in [0, 0.05) is 6.54 Å². The number of amides is 1. The summed E-state index contributed by atoms with van der Waals surface area (Å²) >= 11 is 0. The van der Waals surface area contributed by atoms with Crippen molar-refractivity contribution in [2.24, 2.45) is 5.92 Å². The Hall–Kier alpha value is -2.23. The Morgan fingerprint density at radius 2 is 2.00 bits per heavy atom. The first-order valence-electron chi connectivity index (χ1n) is 8.89. The smallest absolute Gasteiger partial charge is 0.287 e. The van der Waals surface area contributed by atoms with Crippen LogP contribution in [0.3, 0.4) is 0 Å². The van der Waals surface area contributed by atoms with Crippen LogP contribution in [0.5, 0.6) is 5.75 Å². The Morgan fingerprint density at radius 1 is 1.12 bits per heavy atom. The average molecular weight is 325 g/mol. The second-order valence-electron chi connectivity index (χ2n) is 6.85. The van der Waals surface area contributed by atoms with E-state index in [0.29, 0.717) is 24.0 Å². The second-order valence-corrected chi connectivity index (χ2v) is 6.85. The molecule has 1 heterocycles. The van der Waals surface area contributed by atoms with Gasteiger partial charge in [-0.05, 0) is 73.4 Å². The number of benzene rings is 1. The molecule has 4 heteroatoms. The fourth-order valence-corrected chi connectivity index (χ4v) is 3.39. The molecule has 2 aliphatic rings. The third kappa shape index (κ3) is 3.32. The maximum atomic E-state index is 12.1. The van der Waals surface area contributed by atoms with E-state index in [0.717, 1.165) is 18.7 Å². The number of hydrogen-bond acceptors (Lipinski definition) is 3. The Morgan fingerprint density at radius 3 is 2.83 bits per heavy atom. The van der Waals surface area contributed by atoms with Gasteiger partial charge in [0.2, 0.25) is 0 Å². The standard InChI is InChI=1S/C20H23NO3/c22-20(21-12-14-3-1-4-14)19-10-9-18(24-19)13-23-17-8-7-15-5-2-6-16(15)11-17/h7-11,14H,1-6,12-13H2,(H,21,22). The van der Waals surface area contributed by atoms with Crippen molar-refractivity contribution >= 4 is 5.91 Å². The van der Waals surface area contributed by atoms with Gasteiger partial charge in [-0.1, -0.05) is 12.5 Å². The number of hydrogen-bond donors (Lipinski definition) is 1. The van der Waals surface area contributed by atoms with Gasteiger partial charge in [-0.15, -0.1) is 0 Å². The van der Waals surface area contributed by atoms with Crippen LogP contribution in [0.25, 0.3) is 0 Å². The molecule has 4 nitrogen and oxygen atoms in total. The van der Waals surface area contributed by atoms with Crippen molar-refractivity contribution in [1.29, 1.82) is 0 Å². The molecule has 0 atom stereocenters. The van der Waals surface area contributed by atoms with Gasteiger partial charge in [0.25, 0.3) is 5.91 Å². The van der Waals surface area contributed by atoms with E-state index in [9.17, 15) is 4.79 Å². The predicted molar refractivity (Wildman–Crippen MR) is 91.2 cm³/mol. The first-order valence-corrected chi connectivity index (χ1v) is 8.89. The molecule has 1 amide bonds. The molecule has 0 saturated heterocycles. The summed E-state index contributed by atoms with van der Waals surface area (Å²) < 4.78 is 11.4. The van der Waals surface area contributed by atoms with Crippen LogP contribution >= 0.6 is 0 Å². The van der Waals surface area contributed by atoms with Crippen LogP contribution in [-0.2, 0) is 19.4 Å². The highest BCUT2D eigenvalue weighted by Crippen LogP contribution is 2.27. The largest absolute Gasteiger partial charge is 0.486 e. The summed E-state index contributed by atoms with van der Waals surface area (Å²) in [4.78, 5) is 12.1. The molecule has 0 bridgehead atoms. The van der Waals surface area contributed by atoms with Crippen LogP contribution in [0.1, 0.15) is 53.1 Å². The first kappa shape index (κ1) is 15.3. The van der Waals surface area contributed by atoms with Gasteiger partial charge < -0.3 is 14.5 Å². The van der Waals surface area contributed by atoms with Crippen LogP contribution in [0.4, 0.5) is 0 Å². The van der Waals surface area contributed by atoms with E-state index < -0.39 is 0 Å². The van der Waals surface area contributed by atoms with Crippen LogP contribution in [0.15, 0.2) is 34.7 Å². The van der Waals surface area contributed by atoms with Gasteiger partial charge in [0.05, 0.1) is 0 Å². The lowest BCUT2D eigenvalue weighted by Crippen LogP contribution is -2.31. The fraction of sp³-hybridized carbons (Fsp3) is 0.450. The van der Waals surface area contributed by atoms with Crippen LogP contribution in [-0.4, -0.2) is 12.5 Å². The van der Waals surface area contributed by atoms with Gasteiger partial charge in [-0.25, -0.2) is 0 Å². The molecule has 1 fully saturated rings. The average Bonchev–Trinajstić information content (AvgIpc) is 3.20. The zero-order valence-corrected chi connectivity index (χ0v) is 13.8. The molecule has 0 radical (unpaired) electrons. The normalized spacial score (nSPS) is 16.5. The summed E-state index contributed by atoms with van der Waals surface area (Å²) in [6.07, 6.45) is 7.27. The van der Waals surface area contributed by atoms with Gasteiger partial charge >= 0.3 is 0 Å². The maximum absolute atomic E-state index is 12.1. The molecule has 0 spiro atoms. The summed E-state index contributed by atoms with van der Waals surface area (Å²) in [5, 5.41) is 2.94. The minimum Gasteiger partial charge on any atom is -0.486 e. The van der Waals surface area contributed by atoms with Crippen molar-refractivity contribution in [3.63, 3.8) is 0 Å². The van der Waals surface area contributed by atoms with E-state index in [4.69, 9.17) is 9.15 Å². The molecule has 1 aromatic carbocycles. The van der Waals surface area contributed by atoms with Crippen molar-refractivity contribution in [2.75, 3.05) is 6.54 Å². The molecule has 4 rings (SSSR count). The van der Waals surface area contributed by atoms with E-state index in [2.05, 4.69) is 17.4 Å². The zero-order chi connectivity index (χ0) is 16.4. The maximum Gasteiger partial charge on any atom is 0.287 e. The summed E-state index contributed by atoms with van der Waals surface area (Å²) in [5.74, 6) is 2.41. The number of aryl methyl sites for hydroxylation is 2. The van der Waals surface area contributed by atoms with Crippen LogP contribution in [0, 0.1) is 5.92 Å². The number of carbonyl (C=O) groups excluding carboxylic acids is 1. The molecule has 1 N–H and O–H groups in total. The van der Waals surface area contributed by atoms with Gasteiger partial charge in [0.1, 0.15) is 18.1 Å². The number of rotatable bonds is 6. The lowest BCUT2D eigenvalue weighted by molar-refractivity contribution is 0.0907. The van der Waals surface area contributed by atoms with Crippen molar-refractivity contribution in [3.8, 4) is 5.75 Å². The Bertz CT molecular complexity index is 730. The molecule has 0 unspecified atom stereocenters. The minimum atomic E-state index is -0.134. The molecule has 1 aromatic heterocycles. The summed E-state index contributed by atoms with van der Waals surface area (Å²) in [6.45, 7) is 1.09. The minimum absolute atomic E-state index is 0.134. The zero-order valence-electron chi connectivity index (χ0n) is 13.8. The van der Waals surface area contributed by atoms with Crippen molar-refractivity contribution in [3.05, 3.63) is 53.0 Å². The number of carbonyl (C=O) groups is 1. The van der Waals surface area contributed by atoms with Crippen LogP contribution < -0.4 is 10.1 Å². The first-order chi connectivity index (χ1) is 11.8. The van der Waals surface area contributed by atoms with E-state index in [1.165, 1.54) is 43.2 Å². The highest BCUT2D eigenvalue weighted by Gasteiger charge is 2.19. The van der Waals surface area contributed by atoms with Gasteiger partial charge in [0.15, 0.2) is 5.76 Å². The lowest BCUT2D eigenvalue weighted by Gasteiger charge is -2.25. The van der Waals surface area contributed by atoms with Gasteiger partial charge in [-0.2, -0.15) is 0 Å². The topological polar surface area (TPSA) is 51.5 Å². The van der Waals surface area contributed by atoms with Crippen molar-refractivity contribution < 1.29 is 13.9 Å². The summed E-state index contributed by atoms with van der Waals surface area (Å²) in [6, 6.07) is 9.82. The SMILES string of the molecule is O=C(NCC1CCC1)c1ccc(COc2ccc3c(c2)CCC3)o1. The Labute approximate surface area is 142 Å². The molecule has 0 aliphatic heterocycles. The Balaban J connectivity index is 1.30. The number of furan rings is 1. The highest BCUT2D eigenvalue weighted by molar-refractivity contribution is 5.91. The molecule has 126 valence electrons. The third-order valence-electron chi connectivity index (χ3n) is 5.11. The van der Waals surface area contributed by atoms with Crippen molar-refractivity contribution in [2.45, 2.75) is 45.1 Å². The summed E-state index contributed by atoms with van der Waals surface area (Å²) in [7, 11) is 0. The molecular formula is C20H23NO3. The van der Waals surface area contributed by atoms with E-state index in [1.807, 2.05) is 12.1 Å². The van der Waals surface area contributed by atoms with E-state index in [-0.39, 0.29) is 5.91 Å². The quantitative estimate of drug-likeness (QED) is 0.877. The van der Waals surface area contributed by atoms with E-state index >= 15 is 0 Å². The molecule has 1 saturated carbocycles. The number of fused-ring (bicyclic) bond motifs is 1. The molecule has 2 aromatic rings. The lowest BCUT2D eigenvalue weighted by atomic mass is 9.85. The van der Waals surface area contributed by atoms with E-state index in [1.54, 1.807) is 6.07 Å². The highest BCUT2D eigenvalue weighted by atomic mass is 16.5. The number of ether oxygens (including phenoxy) is 1. The fourth-order valence-electron chi connectivity index (χ4n) is 3.39. The Kier molecular flexibility index (Phi) is 4.28. The van der Waals surface area contributed by atoms with Gasteiger partial charge in [-0.3, -0.25) is 4.79 Å². The monoisotopic (exact) mass is 325 g/mol. The van der Waals surface area contributed by atoms with Crippen LogP contribution in [0.2, 0.25) is 0 Å². The summed E-state index contributed by atoms with van der Waals surface area (Å²) in [5.41, 5.74) is 2.83.